The second kappa shape index (κ2) is 6.88. The Hall–Kier alpha value is -2.60. The van der Waals surface area contributed by atoms with Crippen molar-refractivity contribution in [2.75, 3.05) is 11.9 Å². The minimum absolute atomic E-state index is 0.0534. The first kappa shape index (κ1) is 16.3. The molecule has 3 rings (SSSR count). The molecule has 0 fully saturated rings. The molecule has 2 atom stereocenters. The third-order valence-electron chi connectivity index (χ3n) is 4.12. The van der Waals surface area contributed by atoms with Gasteiger partial charge in [0.1, 0.15) is 5.76 Å². The average Bonchev–Trinajstić information content (AvgIpc) is 3.14. The van der Waals surface area contributed by atoms with Gasteiger partial charge in [-0.05, 0) is 38.5 Å². The van der Waals surface area contributed by atoms with Crippen LogP contribution in [-0.4, -0.2) is 28.8 Å². The molecule has 1 aromatic heterocycles. The highest BCUT2D eigenvalue weighted by Gasteiger charge is 2.19. The normalized spacial score (nSPS) is 19.5. The first-order valence-electron chi connectivity index (χ1n) is 7.96. The molecule has 1 aliphatic rings. The van der Waals surface area contributed by atoms with E-state index in [-0.39, 0.29) is 24.6 Å². The number of aryl methyl sites for hydroxylation is 2. The van der Waals surface area contributed by atoms with Crippen LogP contribution in [0.25, 0.3) is 11.5 Å². The number of aromatic nitrogens is 1. The van der Waals surface area contributed by atoms with Crippen LogP contribution in [0.5, 0.6) is 0 Å². The van der Waals surface area contributed by atoms with Crippen molar-refractivity contribution in [3.8, 4) is 11.5 Å². The Balaban J connectivity index is 1.64. The molecule has 2 aromatic rings. The number of amides is 2. The maximum absolute atomic E-state index is 12.1. The molecule has 0 radical (unpaired) electrons. The van der Waals surface area contributed by atoms with Crippen LogP contribution in [0.3, 0.4) is 0 Å². The van der Waals surface area contributed by atoms with Crippen LogP contribution in [0, 0.1) is 19.8 Å². The van der Waals surface area contributed by atoms with Gasteiger partial charge < -0.3 is 20.2 Å². The van der Waals surface area contributed by atoms with Crippen LogP contribution < -0.4 is 10.6 Å². The Kier molecular flexibility index (Phi) is 4.66. The number of aliphatic hydroxyl groups excluding tert-OH is 1. The summed E-state index contributed by atoms with van der Waals surface area (Å²) in [6, 6.07) is 7.04. The molecule has 1 aliphatic carbocycles. The molecule has 24 heavy (non-hydrogen) atoms. The van der Waals surface area contributed by atoms with Crippen LogP contribution in [-0.2, 0) is 0 Å². The van der Waals surface area contributed by atoms with E-state index in [1.54, 1.807) is 0 Å². The lowest BCUT2D eigenvalue weighted by Crippen LogP contribution is -2.36. The summed E-state index contributed by atoms with van der Waals surface area (Å²) in [6.07, 6.45) is 4.56. The molecule has 3 N–H and O–H groups in total. The summed E-state index contributed by atoms with van der Waals surface area (Å²) in [5, 5.41) is 14.8. The van der Waals surface area contributed by atoms with Crippen LogP contribution in [0.15, 0.2) is 40.8 Å². The van der Waals surface area contributed by atoms with Crippen LogP contribution >= 0.6 is 0 Å². The predicted octanol–water partition coefficient (Wildman–Crippen LogP) is 3.02. The molecular weight excluding hydrogens is 306 g/mol. The molecule has 0 spiro atoms. The van der Waals surface area contributed by atoms with Crippen molar-refractivity contribution in [2.45, 2.75) is 26.3 Å². The van der Waals surface area contributed by atoms with E-state index in [0.717, 1.165) is 23.4 Å². The second-order valence-corrected chi connectivity index (χ2v) is 6.01. The number of carbonyl (C=O) groups excluding carboxylic acids is 1. The fourth-order valence-corrected chi connectivity index (χ4v) is 2.68. The van der Waals surface area contributed by atoms with Gasteiger partial charge in [0.2, 0.25) is 5.89 Å². The number of rotatable bonds is 4. The van der Waals surface area contributed by atoms with Gasteiger partial charge in [-0.15, -0.1) is 0 Å². The number of nitrogens with zero attached hydrogens (tertiary/aromatic N) is 1. The monoisotopic (exact) mass is 327 g/mol. The molecule has 0 saturated carbocycles. The zero-order valence-electron chi connectivity index (χ0n) is 13.7. The van der Waals surface area contributed by atoms with E-state index < -0.39 is 0 Å². The van der Waals surface area contributed by atoms with Gasteiger partial charge in [-0.1, -0.05) is 18.2 Å². The van der Waals surface area contributed by atoms with E-state index in [1.165, 1.54) is 0 Å². The summed E-state index contributed by atoms with van der Waals surface area (Å²) in [5.74, 6) is 1.45. The van der Waals surface area contributed by atoms with Gasteiger partial charge in [-0.25, -0.2) is 9.78 Å². The number of nitrogens with one attached hydrogen (secondary N) is 2. The summed E-state index contributed by atoms with van der Waals surface area (Å²) in [7, 11) is 0. The Labute approximate surface area is 140 Å². The second-order valence-electron chi connectivity index (χ2n) is 6.01. The first-order chi connectivity index (χ1) is 11.5. The predicted molar refractivity (Wildman–Crippen MR) is 91.7 cm³/mol. The van der Waals surface area contributed by atoms with E-state index in [2.05, 4.69) is 15.6 Å². The van der Waals surface area contributed by atoms with Gasteiger partial charge in [0.15, 0.2) is 0 Å². The fourth-order valence-electron chi connectivity index (χ4n) is 2.68. The topological polar surface area (TPSA) is 87.4 Å². The van der Waals surface area contributed by atoms with Gasteiger partial charge in [-0.2, -0.15) is 0 Å². The van der Waals surface area contributed by atoms with Crippen molar-refractivity contribution in [1.82, 2.24) is 10.3 Å². The van der Waals surface area contributed by atoms with Crippen LogP contribution in [0.4, 0.5) is 10.5 Å². The van der Waals surface area contributed by atoms with Crippen LogP contribution in [0.1, 0.15) is 17.9 Å². The summed E-state index contributed by atoms with van der Waals surface area (Å²) >= 11 is 0. The molecule has 0 bridgehead atoms. The number of hydrogen-bond donors (Lipinski definition) is 3. The molecule has 6 nitrogen and oxygen atoms in total. The summed E-state index contributed by atoms with van der Waals surface area (Å²) in [6.45, 7) is 3.87. The van der Waals surface area contributed by atoms with Gasteiger partial charge in [0, 0.05) is 29.8 Å². The first-order valence-corrected chi connectivity index (χ1v) is 7.96. The van der Waals surface area contributed by atoms with E-state index in [0.29, 0.717) is 11.6 Å². The summed E-state index contributed by atoms with van der Waals surface area (Å²) < 4.78 is 5.62. The van der Waals surface area contributed by atoms with Crippen molar-refractivity contribution in [2.24, 2.45) is 5.92 Å². The molecule has 6 heteroatoms. The van der Waals surface area contributed by atoms with E-state index in [4.69, 9.17) is 9.52 Å². The zero-order valence-corrected chi connectivity index (χ0v) is 13.7. The number of urea groups is 1. The molecule has 1 aromatic carbocycles. The fraction of sp³-hybridized carbons (Fsp3) is 0.333. The Morgan fingerprint density at radius 2 is 2.21 bits per heavy atom. The SMILES string of the molecule is Cc1nc(-c2cccc(NC(=O)N[C@@H]3C=C[C@H](CO)C3)c2)oc1C. The third kappa shape index (κ3) is 3.65. The Bertz CT molecular complexity index is 747. The lowest BCUT2D eigenvalue weighted by molar-refractivity contribution is 0.238. The lowest BCUT2D eigenvalue weighted by Gasteiger charge is -2.13. The van der Waals surface area contributed by atoms with E-state index in [9.17, 15) is 4.79 Å². The maximum Gasteiger partial charge on any atom is 0.319 e. The Morgan fingerprint density at radius 1 is 1.38 bits per heavy atom. The zero-order chi connectivity index (χ0) is 17.1. The molecular formula is C18H21N3O3. The van der Waals surface area contributed by atoms with Crippen molar-refractivity contribution in [3.63, 3.8) is 0 Å². The number of carbonyl (C=O) groups is 1. The summed E-state index contributed by atoms with van der Waals surface area (Å²) in [4.78, 5) is 16.5. The number of anilines is 1. The maximum atomic E-state index is 12.1. The van der Waals surface area contributed by atoms with Crippen molar-refractivity contribution >= 4 is 11.7 Å². The number of oxazole rings is 1. The number of benzene rings is 1. The lowest BCUT2D eigenvalue weighted by atomic mass is 10.1. The number of hydrogen-bond acceptors (Lipinski definition) is 4. The van der Waals surface area contributed by atoms with Gasteiger partial charge >= 0.3 is 6.03 Å². The highest BCUT2D eigenvalue weighted by molar-refractivity contribution is 5.90. The highest BCUT2D eigenvalue weighted by atomic mass is 16.4. The van der Waals surface area contributed by atoms with Gasteiger partial charge in [0.25, 0.3) is 0 Å². The minimum atomic E-state index is -0.278. The van der Waals surface area contributed by atoms with E-state index >= 15 is 0 Å². The largest absolute Gasteiger partial charge is 0.441 e. The quantitative estimate of drug-likeness (QED) is 0.753. The smallest absolute Gasteiger partial charge is 0.319 e. The van der Waals surface area contributed by atoms with Crippen molar-refractivity contribution < 1.29 is 14.3 Å². The standard InChI is InChI=1S/C18H21N3O3/c1-11-12(2)24-17(19-11)14-4-3-5-15(9-14)20-18(23)21-16-7-6-13(8-16)10-22/h3-7,9,13,16,22H,8,10H2,1-2H3,(H2,20,21,23)/t13-,16+/m0/s1. The van der Waals surface area contributed by atoms with Crippen molar-refractivity contribution in [1.29, 1.82) is 0 Å². The molecule has 0 unspecified atom stereocenters. The molecule has 1 heterocycles. The van der Waals surface area contributed by atoms with Crippen LogP contribution in [0.2, 0.25) is 0 Å². The average molecular weight is 327 g/mol. The molecule has 126 valence electrons. The minimum Gasteiger partial charge on any atom is -0.441 e. The van der Waals surface area contributed by atoms with E-state index in [1.807, 2.05) is 50.3 Å². The van der Waals surface area contributed by atoms with Gasteiger partial charge in [0.05, 0.1) is 5.69 Å². The highest BCUT2D eigenvalue weighted by Crippen LogP contribution is 2.24. The van der Waals surface area contributed by atoms with Crippen molar-refractivity contribution in [3.05, 3.63) is 47.9 Å². The molecule has 0 aliphatic heterocycles. The Morgan fingerprint density at radius 3 is 2.88 bits per heavy atom. The summed E-state index contributed by atoms with van der Waals surface area (Å²) in [5.41, 5.74) is 2.33. The molecule has 0 saturated heterocycles. The third-order valence-corrected chi connectivity index (χ3v) is 4.12. The number of aliphatic hydroxyl groups is 1. The van der Waals surface area contributed by atoms with Gasteiger partial charge in [-0.3, -0.25) is 0 Å². The molecule has 2 amide bonds.